The van der Waals surface area contributed by atoms with E-state index in [0.717, 1.165) is 24.5 Å². The minimum Gasteiger partial charge on any atom is -0.357 e. The van der Waals surface area contributed by atoms with E-state index in [1.54, 1.807) is 18.1 Å². The number of aromatic nitrogens is 1. The van der Waals surface area contributed by atoms with Gasteiger partial charge in [-0.15, -0.1) is 0 Å². The molecule has 1 atom stereocenters. The van der Waals surface area contributed by atoms with E-state index in [1.165, 1.54) is 0 Å². The standard InChI is InChI=1S/C16H24N4O2/c1-4-20(5-2)14-7-6-12(9-17-14)10-18-16(22)13-8-15(21)19(3)11-13/h6-7,9,13H,4-5,8,10-11H2,1-3H3,(H,18,22)/t13-/m0/s1. The average molecular weight is 304 g/mol. The Morgan fingerprint density at radius 3 is 2.64 bits per heavy atom. The molecule has 0 aliphatic carbocycles. The molecule has 1 aliphatic heterocycles. The molecule has 2 amide bonds. The van der Waals surface area contributed by atoms with Crippen LogP contribution in [0.2, 0.25) is 0 Å². The maximum Gasteiger partial charge on any atom is 0.225 e. The van der Waals surface area contributed by atoms with Gasteiger partial charge in [-0.1, -0.05) is 6.07 Å². The number of hydrogen-bond donors (Lipinski definition) is 1. The number of rotatable bonds is 6. The largest absolute Gasteiger partial charge is 0.357 e. The second kappa shape index (κ2) is 7.24. The number of carbonyl (C=O) groups is 2. The van der Waals surface area contributed by atoms with Gasteiger partial charge in [-0.2, -0.15) is 0 Å². The van der Waals surface area contributed by atoms with Crippen LogP contribution < -0.4 is 10.2 Å². The number of likely N-dealkylation sites (tertiary alicyclic amines) is 1. The summed E-state index contributed by atoms with van der Waals surface area (Å²) in [5.74, 6) is 0.680. The van der Waals surface area contributed by atoms with Crippen molar-refractivity contribution in [2.24, 2.45) is 5.92 Å². The SMILES string of the molecule is CCN(CC)c1ccc(CNC(=O)[C@H]2CC(=O)N(C)C2)cn1. The Morgan fingerprint density at radius 1 is 1.41 bits per heavy atom. The molecule has 6 nitrogen and oxygen atoms in total. The van der Waals surface area contributed by atoms with Gasteiger partial charge in [0.25, 0.3) is 0 Å². The summed E-state index contributed by atoms with van der Waals surface area (Å²) >= 11 is 0. The third kappa shape index (κ3) is 3.75. The molecule has 0 spiro atoms. The summed E-state index contributed by atoms with van der Waals surface area (Å²) in [6.07, 6.45) is 2.10. The first-order valence-corrected chi connectivity index (χ1v) is 7.76. The van der Waals surface area contributed by atoms with Crippen molar-refractivity contribution in [2.75, 3.05) is 31.6 Å². The van der Waals surface area contributed by atoms with E-state index in [1.807, 2.05) is 12.1 Å². The van der Waals surface area contributed by atoms with Crippen molar-refractivity contribution >= 4 is 17.6 Å². The number of hydrogen-bond acceptors (Lipinski definition) is 4. The van der Waals surface area contributed by atoms with Crippen LogP contribution in [-0.4, -0.2) is 48.4 Å². The molecule has 1 aliphatic rings. The van der Waals surface area contributed by atoms with E-state index in [-0.39, 0.29) is 17.7 Å². The fourth-order valence-electron chi connectivity index (χ4n) is 2.63. The first-order valence-electron chi connectivity index (χ1n) is 7.76. The van der Waals surface area contributed by atoms with Crippen molar-refractivity contribution in [3.63, 3.8) is 0 Å². The number of pyridine rings is 1. The van der Waals surface area contributed by atoms with Crippen molar-refractivity contribution in [1.29, 1.82) is 0 Å². The van der Waals surface area contributed by atoms with E-state index >= 15 is 0 Å². The fraction of sp³-hybridized carbons (Fsp3) is 0.562. The summed E-state index contributed by atoms with van der Waals surface area (Å²) in [5.41, 5.74) is 0.960. The lowest BCUT2D eigenvalue weighted by Gasteiger charge is -2.19. The molecule has 0 radical (unpaired) electrons. The Kier molecular flexibility index (Phi) is 5.35. The second-order valence-corrected chi connectivity index (χ2v) is 5.59. The summed E-state index contributed by atoms with van der Waals surface area (Å²) in [4.78, 5) is 31.7. The predicted molar refractivity (Wildman–Crippen MR) is 85.4 cm³/mol. The first-order chi connectivity index (χ1) is 10.5. The van der Waals surface area contributed by atoms with Gasteiger partial charge in [0.05, 0.1) is 5.92 Å². The Balaban J connectivity index is 1.87. The zero-order valence-electron chi connectivity index (χ0n) is 13.5. The molecule has 1 aromatic rings. The van der Waals surface area contributed by atoms with Gasteiger partial charge in [-0.3, -0.25) is 9.59 Å². The number of nitrogens with one attached hydrogen (secondary N) is 1. The number of anilines is 1. The summed E-state index contributed by atoms with van der Waals surface area (Å²) in [7, 11) is 1.73. The molecule has 1 N–H and O–H groups in total. The van der Waals surface area contributed by atoms with Crippen molar-refractivity contribution in [2.45, 2.75) is 26.8 Å². The van der Waals surface area contributed by atoms with Gasteiger partial charge in [0, 0.05) is 45.8 Å². The van der Waals surface area contributed by atoms with Crippen LogP contribution in [0.4, 0.5) is 5.82 Å². The van der Waals surface area contributed by atoms with E-state index < -0.39 is 0 Å². The van der Waals surface area contributed by atoms with Gasteiger partial charge in [-0.05, 0) is 25.5 Å². The van der Waals surface area contributed by atoms with E-state index in [2.05, 4.69) is 29.0 Å². The van der Waals surface area contributed by atoms with Crippen LogP contribution in [0, 0.1) is 5.92 Å². The molecule has 0 saturated carbocycles. The van der Waals surface area contributed by atoms with Crippen molar-refractivity contribution in [3.05, 3.63) is 23.9 Å². The molecule has 1 saturated heterocycles. The van der Waals surface area contributed by atoms with Gasteiger partial charge in [0.2, 0.25) is 11.8 Å². The molecule has 0 aromatic carbocycles. The molecular weight excluding hydrogens is 280 g/mol. The molecule has 6 heteroatoms. The molecular formula is C16H24N4O2. The highest BCUT2D eigenvalue weighted by molar-refractivity contribution is 5.89. The van der Waals surface area contributed by atoms with Crippen LogP contribution >= 0.6 is 0 Å². The third-order valence-electron chi connectivity index (χ3n) is 4.08. The lowest BCUT2D eigenvalue weighted by molar-refractivity contribution is -0.128. The average Bonchev–Trinajstić information content (AvgIpc) is 2.87. The minimum absolute atomic E-state index is 0.0328. The highest BCUT2D eigenvalue weighted by Gasteiger charge is 2.31. The predicted octanol–water partition coefficient (Wildman–Crippen LogP) is 1.02. The van der Waals surface area contributed by atoms with Crippen LogP contribution in [0.3, 0.4) is 0 Å². The summed E-state index contributed by atoms with van der Waals surface area (Å²) in [6, 6.07) is 3.95. The Bertz CT molecular complexity index is 525. The van der Waals surface area contributed by atoms with Crippen molar-refractivity contribution in [1.82, 2.24) is 15.2 Å². The topological polar surface area (TPSA) is 65.5 Å². The van der Waals surface area contributed by atoms with Gasteiger partial charge in [0.15, 0.2) is 0 Å². The van der Waals surface area contributed by atoms with Gasteiger partial charge in [0.1, 0.15) is 5.82 Å². The zero-order valence-corrected chi connectivity index (χ0v) is 13.5. The lowest BCUT2D eigenvalue weighted by atomic mass is 10.1. The molecule has 0 bridgehead atoms. The van der Waals surface area contributed by atoms with E-state index in [4.69, 9.17) is 0 Å². The fourth-order valence-corrected chi connectivity index (χ4v) is 2.63. The number of amides is 2. The molecule has 2 rings (SSSR count). The lowest BCUT2D eigenvalue weighted by Crippen LogP contribution is -2.31. The van der Waals surface area contributed by atoms with E-state index in [9.17, 15) is 9.59 Å². The van der Waals surface area contributed by atoms with E-state index in [0.29, 0.717) is 19.5 Å². The zero-order chi connectivity index (χ0) is 16.1. The summed E-state index contributed by atoms with van der Waals surface area (Å²) < 4.78 is 0. The van der Waals surface area contributed by atoms with Crippen LogP contribution in [0.5, 0.6) is 0 Å². The molecule has 1 fully saturated rings. The maximum atomic E-state index is 12.1. The normalized spacial score (nSPS) is 17.7. The number of nitrogens with zero attached hydrogens (tertiary/aromatic N) is 3. The van der Waals surface area contributed by atoms with Gasteiger partial charge < -0.3 is 15.1 Å². The van der Waals surface area contributed by atoms with Crippen LogP contribution in [-0.2, 0) is 16.1 Å². The second-order valence-electron chi connectivity index (χ2n) is 5.59. The third-order valence-corrected chi connectivity index (χ3v) is 4.08. The molecule has 120 valence electrons. The molecule has 0 unspecified atom stereocenters. The minimum atomic E-state index is -0.236. The maximum absolute atomic E-state index is 12.1. The van der Waals surface area contributed by atoms with Crippen molar-refractivity contribution < 1.29 is 9.59 Å². The van der Waals surface area contributed by atoms with Gasteiger partial charge in [-0.25, -0.2) is 4.98 Å². The monoisotopic (exact) mass is 304 g/mol. The Morgan fingerprint density at radius 2 is 2.14 bits per heavy atom. The Hall–Kier alpha value is -2.11. The van der Waals surface area contributed by atoms with Gasteiger partial charge >= 0.3 is 0 Å². The molecule has 1 aromatic heterocycles. The Labute approximate surface area is 131 Å². The first kappa shape index (κ1) is 16.3. The van der Waals surface area contributed by atoms with Crippen molar-refractivity contribution in [3.8, 4) is 0 Å². The quantitative estimate of drug-likeness (QED) is 0.852. The molecule has 2 heterocycles. The smallest absolute Gasteiger partial charge is 0.225 e. The highest BCUT2D eigenvalue weighted by Crippen LogP contribution is 2.16. The van der Waals surface area contributed by atoms with Crippen LogP contribution in [0.15, 0.2) is 18.3 Å². The number of carbonyl (C=O) groups excluding carboxylic acids is 2. The highest BCUT2D eigenvalue weighted by atomic mass is 16.2. The summed E-state index contributed by atoms with van der Waals surface area (Å²) in [5, 5.41) is 2.89. The van der Waals surface area contributed by atoms with Crippen LogP contribution in [0.1, 0.15) is 25.8 Å². The van der Waals surface area contributed by atoms with Crippen LogP contribution in [0.25, 0.3) is 0 Å². The summed E-state index contributed by atoms with van der Waals surface area (Å²) in [6.45, 7) is 6.98. The molecule has 22 heavy (non-hydrogen) atoms.